The van der Waals surface area contributed by atoms with Crippen molar-refractivity contribution in [2.24, 2.45) is 0 Å². The zero-order valence-corrected chi connectivity index (χ0v) is 10.9. The van der Waals surface area contributed by atoms with Crippen LogP contribution in [0.2, 0.25) is 4.34 Å². The quantitative estimate of drug-likeness (QED) is 0.856. The highest BCUT2D eigenvalue weighted by Crippen LogP contribution is 2.20. The zero-order valence-electron chi connectivity index (χ0n) is 9.31. The van der Waals surface area contributed by atoms with Crippen molar-refractivity contribution in [1.29, 1.82) is 0 Å². The number of halogens is 1. The van der Waals surface area contributed by atoms with Gasteiger partial charge in [-0.2, -0.15) is 0 Å². The van der Waals surface area contributed by atoms with Crippen molar-refractivity contribution < 1.29 is 9.90 Å². The predicted molar refractivity (Wildman–Crippen MR) is 64.9 cm³/mol. The molecule has 0 aliphatic carbocycles. The van der Waals surface area contributed by atoms with Crippen molar-refractivity contribution in [3.63, 3.8) is 0 Å². The Morgan fingerprint density at radius 2 is 2.44 bits per heavy atom. The molecule has 1 atom stereocenters. The third-order valence-corrected chi connectivity index (χ3v) is 3.52. The van der Waals surface area contributed by atoms with Crippen LogP contribution in [-0.2, 0) is 11.3 Å². The van der Waals surface area contributed by atoms with Crippen molar-refractivity contribution in [3.05, 3.63) is 15.5 Å². The number of carboxylic acids is 1. The van der Waals surface area contributed by atoms with Gasteiger partial charge < -0.3 is 5.11 Å². The van der Waals surface area contributed by atoms with Gasteiger partial charge in [-0.15, -0.1) is 11.3 Å². The Bertz CT molecular complexity index is 356. The van der Waals surface area contributed by atoms with Crippen LogP contribution in [0.5, 0.6) is 0 Å². The van der Waals surface area contributed by atoms with E-state index in [-0.39, 0.29) is 12.6 Å². The Balaban J connectivity index is 2.66. The monoisotopic (exact) mass is 262 g/mol. The van der Waals surface area contributed by atoms with E-state index < -0.39 is 5.97 Å². The number of carboxylic acid groups (broad SMARTS) is 1. The zero-order chi connectivity index (χ0) is 12.1. The SMILES string of the molecule is CCC(C)N(CC(=O)O)Cc1ncc(Cl)s1. The van der Waals surface area contributed by atoms with Gasteiger partial charge in [-0.05, 0) is 13.3 Å². The third-order valence-electron chi connectivity index (χ3n) is 2.42. The molecule has 0 radical (unpaired) electrons. The fraction of sp³-hybridized carbons (Fsp3) is 0.600. The molecule has 0 aromatic carbocycles. The van der Waals surface area contributed by atoms with Crippen molar-refractivity contribution in [1.82, 2.24) is 9.88 Å². The highest BCUT2D eigenvalue weighted by molar-refractivity contribution is 7.15. The van der Waals surface area contributed by atoms with Crippen molar-refractivity contribution >= 4 is 28.9 Å². The van der Waals surface area contributed by atoms with Gasteiger partial charge in [-0.3, -0.25) is 9.69 Å². The molecule has 1 aromatic rings. The fourth-order valence-corrected chi connectivity index (χ4v) is 2.32. The van der Waals surface area contributed by atoms with E-state index in [0.29, 0.717) is 10.9 Å². The highest BCUT2D eigenvalue weighted by atomic mass is 35.5. The molecule has 16 heavy (non-hydrogen) atoms. The average molecular weight is 263 g/mol. The molecular weight excluding hydrogens is 248 g/mol. The van der Waals surface area contributed by atoms with Crippen LogP contribution >= 0.6 is 22.9 Å². The van der Waals surface area contributed by atoms with Crippen LogP contribution < -0.4 is 0 Å². The number of aromatic nitrogens is 1. The first-order valence-electron chi connectivity index (χ1n) is 5.09. The van der Waals surface area contributed by atoms with E-state index in [9.17, 15) is 4.79 Å². The van der Waals surface area contributed by atoms with Crippen molar-refractivity contribution in [2.45, 2.75) is 32.9 Å². The maximum atomic E-state index is 10.7. The van der Waals surface area contributed by atoms with E-state index in [2.05, 4.69) is 4.98 Å². The fourth-order valence-electron chi connectivity index (χ4n) is 1.33. The number of hydrogen-bond acceptors (Lipinski definition) is 4. The Kier molecular flexibility index (Phi) is 5.18. The molecule has 1 heterocycles. The number of hydrogen-bond donors (Lipinski definition) is 1. The topological polar surface area (TPSA) is 53.4 Å². The van der Waals surface area contributed by atoms with Crippen LogP contribution in [0.4, 0.5) is 0 Å². The van der Waals surface area contributed by atoms with E-state index >= 15 is 0 Å². The van der Waals surface area contributed by atoms with Gasteiger partial charge in [-0.1, -0.05) is 18.5 Å². The smallest absolute Gasteiger partial charge is 0.317 e. The molecule has 0 amide bonds. The second kappa shape index (κ2) is 6.18. The molecule has 90 valence electrons. The summed E-state index contributed by atoms with van der Waals surface area (Å²) in [5.41, 5.74) is 0. The van der Waals surface area contributed by atoms with Gasteiger partial charge in [0.15, 0.2) is 0 Å². The first kappa shape index (κ1) is 13.4. The van der Waals surface area contributed by atoms with Crippen LogP contribution in [-0.4, -0.2) is 33.5 Å². The summed E-state index contributed by atoms with van der Waals surface area (Å²) in [6.07, 6.45) is 2.50. The van der Waals surface area contributed by atoms with Gasteiger partial charge in [0.2, 0.25) is 0 Å². The van der Waals surface area contributed by atoms with Gasteiger partial charge in [0.25, 0.3) is 0 Å². The molecule has 6 heteroatoms. The number of aliphatic carboxylic acids is 1. The van der Waals surface area contributed by atoms with Gasteiger partial charge in [0, 0.05) is 6.04 Å². The van der Waals surface area contributed by atoms with Crippen molar-refractivity contribution in [2.75, 3.05) is 6.54 Å². The Labute approximate surface area is 104 Å². The van der Waals surface area contributed by atoms with E-state index in [0.717, 1.165) is 11.4 Å². The average Bonchev–Trinajstić information content (AvgIpc) is 2.61. The molecule has 1 unspecified atom stereocenters. The van der Waals surface area contributed by atoms with Crippen molar-refractivity contribution in [3.8, 4) is 0 Å². The van der Waals surface area contributed by atoms with Crippen LogP contribution in [0.1, 0.15) is 25.3 Å². The summed E-state index contributed by atoms with van der Waals surface area (Å²) in [5.74, 6) is -0.817. The highest BCUT2D eigenvalue weighted by Gasteiger charge is 2.17. The lowest BCUT2D eigenvalue weighted by molar-refractivity contribution is -0.139. The molecule has 4 nitrogen and oxygen atoms in total. The molecule has 0 fully saturated rings. The Morgan fingerprint density at radius 3 is 2.88 bits per heavy atom. The maximum Gasteiger partial charge on any atom is 0.317 e. The summed E-state index contributed by atoms with van der Waals surface area (Å²) < 4.78 is 0.634. The lowest BCUT2D eigenvalue weighted by atomic mass is 10.2. The Hall–Kier alpha value is -0.650. The number of rotatable bonds is 6. The summed E-state index contributed by atoms with van der Waals surface area (Å²) in [6.45, 7) is 4.62. The minimum atomic E-state index is -0.817. The lowest BCUT2D eigenvalue weighted by Crippen LogP contribution is -2.36. The van der Waals surface area contributed by atoms with Gasteiger partial charge in [0.1, 0.15) is 9.34 Å². The van der Waals surface area contributed by atoms with E-state index in [4.69, 9.17) is 16.7 Å². The maximum absolute atomic E-state index is 10.7. The number of thiazole rings is 1. The summed E-state index contributed by atoms with van der Waals surface area (Å²) >= 11 is 7.17. The second-order valence-corrected chi connectivity index (χ2v) is 5.36. The first-order valence-corrected chi connectivity index (χ1v) is 6.28. The van der Waals surface area contributed by atoms with Crippen LogP contribution in [0.15, 0.2) is 6.20 Å². The minimum Gasteiger partial charge on any atom is -0.480 e. The summed E-state index contributed by atoms with van der Waals surface area (Å²) in [5, 5.41) is 9.68. The summed E-state index contributed by atoms with van der Waals surface area (Å²) in [4.78, 5) is 16.8. The van der Waals surface area contributed by atoms with Crippen LogP contribution in [0.3, 0.4) is 0 Å². The van der Waals surface area contributed by atoms with Crippen LogP contribution in [0.25, 0.3) is 0 Å². The molecule has 1 N–H and O–H groups in total. The molecule has 0 aliphatic heterocycles. The Morgan fingerprint density at radius 1 is 1.75 bits per heavy atom. The number of carbonyl (C=O) groups is 1. The molecule has 1 aromatic heterocycles. The minimum absolute atomic E-state index is 0.0339. The summed E-state index contributed by atoms with van der Waals surface area (Å²) in [7, 11) is 0. The molecular formula is C10H15ClN2O2S. The van der Waals surface area contributed by atoms with Gasteiger partial charge in [-0.25, -0.2) is 4.98 Å². The normalized spacial score (nSPS) is 13.0. The molecule has 0 spiro atoms. The third kappa shape index (κ3) is 4.08. The van der Waals surface area contributed by atoms with Crippen LogP contribution in [0, 0.1) is 0 Å². The van der Waals surface area contributed by atoms with Gasteiger partial charge >= 0.3 is 5.97 Å². The number of nitrogens with zero attached hydrogens (tertiary/aromatic N) is 2. The second-order valence-electron chi connectivity index (χ2n) is 3.61. The molecule has 1 rings (SSSR count). The van der Waals surface area contributed by atoms with E-state index in [1.807, 2.05) is 18.7 Å². The molecule has 0 bridgehead atoms. The van der Waals surface area contributed by atoms with Gasteiger partial charge in [0.05, 0.1) is 19.3 Å². The van der Waals surface area contributed by atoms with E-state index in [1.54, 1.807) is 6.20 Å². The largest absolute Gasteiger partial charge is 0.480 e. The van der Waals surface area contributed by atoms with E-state index in [1.165, 1.54) is 11.3 Å². The lowest BCUT2D eigenvalue weighted by Gasteiger charge is -2.25. The predicted octanol–water partition coefficient (Wildman–Crippen LogP) is 2.48. The summed E-state index contributed by atoms with van der Waals surface area (Å²) in [6, 6.07) is 0.221. The first-order chi connectivity index (χ1) is 7.52. The molecule has 0 saturated heterocycles. The molecule has 0 aliphatic rings. The molecule has 0 saturated carbocycles. The standard InChI is InChI=1S/C10H15ClN2O2S/c1-3-7(2)13(6-10(14)15)5-9-12-4-8(11)16-9/h4,7H,3,5-6H2,1-2H3,(H,14,15).